The molecule has 0 fully saturated rings. The third-order valence-electron chi connectivity index (χ3n) is 11.7. The van der Waals surface area contributed by atoms with Gasteiger partial charge in [0.2, 0.25) is 0 Å². The highest BCUT2D eigenvalue weighted by Gasteiger charge is 2.27. The lowest BCUT2D eigenvalue weighted by molar-refractivity contribution is -0.870. The number of phosphoric acid groups is 1. The van der Waals surface area contributed by atoms with Crippen LogP contribution in [0.3, 0.4) is 0 Å². The predicted octanol–water partition coefficient (Wildman–Crippen LogP) is 16.0. The minimum absolute atomic E-state index is 0.0337. The number of carbonyl (C=O) groups excluding carboxylic acids is 2. The quantitative estimate of drug-likeness (QED) is 0.0211. The monoisotopic (exact) mass is 925 g/mol. The van der Waals surface area contributed by atoms with E-state index in [-0.39, 0.29) is 25.6 Å². The van der Waals surface area contributed by atoms with Gasteiger partial charge in [0.25, 0.3) is 0 Å². The van der Waals surface area contributed by atoms with E-state index in [0.717, 1.165) is 44.9 Å². The fourth-order valence-electron chi connectivity index (χ4n) is 7.49. The Hall–Kier alpha value is -1.77. The van der Waals surface area contributed by atoms with Crippen molar-refractivity contribution in [3.63, 3.8) is 0 Å². The molecule has 0 spiro atoms. The van der Waals surface area contributed by atoms with E-state index in [0.29, 0.717) is 23.9 Å². The van der Waals surface area contributed by atoms with Crippen molar-refractivity contribution in [3.8, 4) is 0 Å². The number of hydrogen-bond acceptors (Lipinski definition) is 7. The molecule has 0 aromatic rings. The number of hydrogen-bond donors (Lipinski definition) is 1. The summed E-state index contributed by atoms with van der Waals surface area (Å²) < 4.78 is 34.3. The van der Waals surface area contributed by atoms with Crippen molar-refractivity contribution in [2.45, 2.75) is 251 Å². The molecule has 0 aliphatic heterocycles. The summed E-state index contributed by atoms with van der Waals surface area (Å²) >= 11 is 0. The van der Waals surface area contributed by atoms with E-state index < -0.39 is 26.5 Å². The largest absolute Gasteiger partial charge is 0.472 e. The maximum atomic E-state index is 12.7. The minimum atomic E-state index is -4.37. The summed E-state index contributed by atoms with van der Waals surface area (Å²) in [5, 5.41) is 0. The van der Waals surface area contributed by atoms with Crippen LogP contribution in [0.5, 0.6) is 0 Å². The molecule has 0 aliphatic carbocycles. The lowest BCUT2D eigenvalue weighted by Crippen LogP contribution is -2.37. The predicted molar refractivity (Wildman–Crippen MR) is 270 cm³/mol. The van der Waals surface area contributed by atoms with E-state index in [1.54, 1.807) is 0 Å². The van der Waals surface area contributed by atoms with E-state index in [1.165, 1.54) is 167 Å². The van der Waals surface area contributed by atoms with Crippen LogP contribution in [0.25, 0.3) is 0 Å². The Bertz CT molecular complexity index is 1180. The number of unbranched alkanes of at least 4 members (excludes halogenated alkanes) is 29. The van der Waals surface area contributed by atoms with E-state index in [9.17, 15) is 19.0 Å². The Morgan fingerprint density at radius 1 is 0.484 bits per heavy atom. The van der Waals surface area contributed by atoms with Gasteiger partial charge in [0.1, 0.15) is 19.8 Å². The number of esters is 2. The highest BCUT2D eigenvalue weighted by atomic mass is 31.2. The Labute approximate surface area is 395 Å². The third kappa shape index (κ3) is 49.7. The Morgan fingerprint density at radius 2 is 0.844 bits per heavy atom. The lowest BCUT2D eigenvalue weighted by Gasteiger charge is -2.24. The summed E-state index contributed by atoms with van der Waals surface area (Å²) in [6.45, 7) is 4.38. The molecule has 9 nitrogen and oxygen atoms in total. The van der Waals surface area contributed by atoms with Gasteiger partial charge in [-0.25, -0.2) is 4.57 Å². The third-order valence-corrected chi connectivity index (χ3v) is 12.7. The number of ether oxygens (including phenoxy) is 2. The molecule has 376 valence electrons. The molecule has 2 unspecified atom stereocenters. The van der Waals surface area contributed by atoms with Crippen LogP contribution >= 0.6 is 7.82 Å². The average molecular weight is 925 g/mol. The Morgan fingerprint density at radius 3 is 1.25 bits per heavy atom. The highest BCUT2D eigenvalue weighted by Crippen LogP contribution is 2.43. The summed E-state index contributed by atoms with van der Waals surface area (Å²) in [4.78, 5) is 35.3. The first-order valence-electron chi connectivity index (χ1n) is 26.7. The van der Waals surface area contributed by atoms with Gasteiger partial charge < -0.3 is 18.9 Å². The second-order valence-electron chi connectivity index (χ2n) is 19.3. The van der Waals surface area contributed by atoms with Crippen molar-refractivity contribution < 1.29 is 42.1 Å². The number of allylic oxidation sites excluding steroid dienone is 6. The highest BCUT2D eigenvalue weighted by molar-refractivity contribution is 7.47. The van der Waals surface area contributed by atoms with E-state index in [2.05, 4.69) is 50.3 Å². The lowest BCUT2D eigenvalue weighted by atomic mass is 10.0. The smallest absolute Gasteiger partial charge is 0.462 e. The zero-order valence-electron chi connectivity index (χ0n) is 42.5. The van der Waals surface area contributed by atoms with Crippen molar-refractivity contribution in [2.24, 2.45) is 0 Å². The van der Waals surface area contributed by atoms with Gasteiger partial charge in [-0.15, -0.1) is 0 Å². The minimum Gasteiger partial charge on any atom is -0.462 e. The van der Waals surface area contributed by atoms with Crippen LogP contribution in [0.15, 0.2) is 36.5 Å². The summed E-state index contributed by atoms with van der Waals surface area (Å²) in [5.74, 6) is -0.796. The van der Waals surface area contributed by atoms with Gasteiger partial charge in [-0.05, 0) is 51.4 Å². The van der Waals surface area contributed by atoms with Gasteiger partial charge >= 0.3 is 19.8 Å². The summed E-state index contributed by atoms with van der Waals surface area (Å²) in [5.41, 5.74) is 0. The molecule has 64 heavy (non-hydrogen) atoms. The van der Waals surface area contributed by atoms with Crippen LogP contribution < -0.4 is 0 Å². The maximum Gasteiger partial charge on any atom is 0.472 e. The molecule has 0 rings (SSSR count). The number of likely N-dealkylation sites (N-methyl/N-ethyl adjacent to an activating group) is 1. The Balaban J connectivity index is 3.91. The van der Waals surface area contributed by atoms with Crippen LogP contribution in [-0.2, 0) is 32.7 Å². The second kappa shape index (κ2) is 46.3. The molecule has 0 aromatic carbocycles. The van der Waals surface area contributed by atoms with Gasteiger partial charge in [-0.2, -0.15) is 0 Å². The standard InChI is InChI=1S/C54H102NO8P/c1-6-8-10-12-14-15-16-17-18-19-20-21-22-23-24-25-26-27-28-29-30-31-32-33-34-35-36-37-38-39-41-43-45-47-54(57)63-52(51-62-64(58,59)61-49-48-55(3,4)5)50-60-53(56)46-44-42-40-13-11-9-7-2/h16-17,19-20,22-23,52H,6-15,18,21,24-51H2,1-5H3/p+1/b17-16-,20-19-,23-22-. The molecular weight excluding hydrogens is 822 g/mol. The summed E-state index contributed by atoms with van der Waals surface area (Å²) in [7, 11) is 1.48. The molecule has 0 saturated carbocycles. The van der Waals surface area contributed by atoms with E-state index in [1.807, 2.05) is 21.1 Å². The summed E-state index contributed by atoms with van der Waals surface area (Å²) in [6, 6.07) is 0. The number of nitrogens with zero attached hydrogens (tertiary/aromatic N) is 1. The van der Waals surface area contributed by atoms with E-state index in [4.69, 9.17) is 18.5 Å². The van der Waals surface area contributed by atoms with Crippen LogP contribution in [0, 0.1) is 0 Å². The van der Waals surface area contributed by atoms with Crippen molar-refractivity contribution in [1.29, 1.82) is 0 Å². The molecular formula is C54H103NO8P+. The normalized spacial score (nSPS) is 13.7. The van der Waals surface area contributed by atoms with Crippen molar-refractivity contribution in [1.82, 2.24) is 0 Å². The molecule has 1 N–H and O–H groups in total. The topological polar surface area (TPSA) is 108 Å². The SMILES string of the molecule is CCCCCCC/C=C\C/C=C\C/C=C\CCCCCCCCCCCCCCCCCCCCC(=O)OC(COC(=O)CCCCCCCCC)COP(=O)(O)OCC[N+](C)(C)C. The zero-order chi connectivity index (χ0) is 47.1. The number of quaternary nitrogens is 1. The van der Waals surface area contributed by atoms with Crippen LogP contribution in [0.1, 0.15) is 245 Å². The van der Waals surface area contributed by atoms with Gasteiger partial charge in [0, 0.05) is 12.8 Å². The first-order valence-corrected chi connectivity index (χ1v) is 28.2. The molecule has 0 aromatic heterocycles. The summed E-state index contributed by atoms with van der Waals surface area (Å²) in [6.07, 6.45) is 55.4. The average Bonchev–Trinajstić information content (AvgIpc) is 3.25. The van der Waals surface area contributed by atoms with Gasteiger partial charge in [0.05, 0.1) is 27.7 Å². The number of phosphoric ester groups is 1. The fraction of sp³-hybridized carbons (Fsp3) is 0.852. The van der Waals surface area contributed by atoms with Crippen molar-refractivity contribution in [3.05, 3.63) is 36.5 Å². The molecule has 2 atom stereocenters. The number of carbonyl (C=O) groups is 2. The molecule has 0 aliphatic rings. The first-order chi connectivity index (χ1) is 31.0. The molecule has 0 saturated heterocycles. The zero-order valence-corrected chi connectivity index (χ0v) is 43.4. The van der Waals surface area contributed by atoms with E-state index >= 15 is 0 Å². The fourth-order valence-corrected chi connectivity index (χ4v) is 8.24. The van der Waals surface area contributed by atoms with Crippen LogP contribution in [-0.4, -0.2) is 74.9 Å². The van der Waals surface area contributed by atoms with Gasteiger partial charge in [-0.1, -0.05) is 217 Å². The Kier molecular flexibility index (Phi) is 45.1. The first kappa shape index (κ1) is 62.2. The van der Waals surface area contributed by atoms with Crippen LogP contribution in [0.2, 0.25) is 0 Å². The number of rotatable bonds is 49. The van der Waals surface area contributed by atoms with Crippen LogP contribution in [0.4, 0.5) is 0 Å². The maximum absolute atomic E-state index is 12.7. The molecule has 0 amide bonds. The van der Waals surface area contributed by atoms with Gasteiger partial charge in [-0.3, -0.25) is 18.6 Å². The second-order valence-corrected chi connectivity index (χ2v) is 20.7. The molecule has 0 heterocycles. The van der Waals surface area contributed by atoms with Crippen molar-refractivity contribution in [2.75, 3.05) is 47.5 Å². The van der Waals surface area contributed by atoms with Crippen molar-refractivity contribution >= 4 is 19.8 Å². The molecule has 0 radical (unpaired) electrons. The van der Waals surface area contributed by atoms with Gasteiger partial charge in [0.15, 0.2) is 6.10 Å². The molecule has 0 bridgehead atoms. The molecule has 10 heteroatoms.